The van der Waals surface area contributed by atoms with Crippen molar-refractivity contribution < 1.29 is 4.74 Å². The number of nitrogens with zero attached hydrogens (tertiary/aromatic N) is 1. The lowest BCUT2D eigenvalue weighted by atomic mass is 9.75. The summed E-state index contributed by atoms with van der Waals surface area (Å²) in [7, 11) is 1.81. The number of alkyl halides is 1. The first-order chi connectivity index (χ1) is 8.17. The highest BCUT2D eigenvalue weighted by Gasteiger charge is 2.39. The highest BCUT2D eigenvalue weighted by Crippen LogP contribution is 2.42. The molecule has 0 N–H and O–H groups in total. The largest absolute Gasteiger partial charge is 0.378 e. The van der Waals surface area contributed by atoms with E-state index in [4.69, 9.17) is 16.3 Å². The van der Waals surface area contributed by atoms with Crippen molar-refractivity contribution in [3.8, 4) is 0 Å². The van der Waals surface area contributed by atoms with Crippen LogP contribution in [0, 0.1) is 0 Å². The van der Waals surface area contributed by atoms with E-state index in [-0.39, 0.29) is 11.0 Å². The van der Waals surface area contributed by atoms with Crippen molar-refractivity contribution in [1.29, 1.82) is 0 Å². The van der Waals surface area contributed by atoms with Crippen LogP contribution in [0.3, 0.4) is 0 Å². The minimum atomic E-state index is 0.0493. The van der Waals surface area contributed by atoms with Gasteiger partial charge in [0.05, 0.1) is 5.60 Å². The van der Waals surface area contributed by atoms with Crippen molar-refractivity contribution in [3.05, 3.63) is 30.1 Å². The fourth-order valence-electron chi connectivity index (χ4n) is 2.47. The molecule has 0 amide bonds. The second-order valence-corrected chi connectivity index (χ2v) is 5.59. The molecular formula is C14H20ClNO. The van der Waals surface area contributed by atoms with E-state index in [9.17, 15) is 0 Å². The Kier molecular flexibility index (Phi) is 4.05. The average Bonchev–Trinajstić information content (AvgIpc) is 2.33. The predicted molar refractivity (Wildman–Crippen MR) is 70.5 cm³/mol. The molecule has 17 heavy (non-hydrogen) atoms. The number of ether oxygens (including phenoxy) is 1. The zero-order valence-corrected chi connectivity index (χ0v) is 11.3. The molecule has 2 unspecified atom stereocenters. The number of aromatic nitrogens is 1. The highest BCUT2D eigenvalue weighted by molar-refractivity contribution is 6.21. The van der Waals surface area contributed by atoms with E-state index in [1.54, 1.807) is 7.11 Å². The smallest absolute Gasteiger partial charge is 0.0693 e. The fourth-order valence-corrected chi connectivity index (χ4v) is 2.90. The maximum atomic E-state index is 6.54. The van der Waals surface area contributed by atoms with E-state index in [1.807, 2.05) is 24.5 Å². The SMILES string of the molecule is COC1(CC(Cl)C(C)c2ccncc2)CCC1. The van der Waals surface area contributed by atoms with Gasteiger partial charge in [0, 0.05) is 24.9 Å². The first-order valence-electron chi connectivity index (χ1n) is 6.26. The molecule has 0 aliphatic heterocycles. The molecule has 2 nitrogen and oxygen atoms in total. The Bertz CT molecular complexity index is 345. The zero-order chi connectivity index (χ0) is 12.3. The summed E-state index contributed by atoms with van der Waals surface area (Å²) in [6, 6.07) is 4.08. The number of methoxy groups -OCH3 is 1. The molecule has 1 aromatic heterocycles. The molecular weight excluding hydrogens is 234 g/mol. The topological polar surface area (TPSA) is 22.1 Å². The molecule has 0 radical (unpaired) electrons. The van der Waals surface area contributed by atoms with Gasteiger partial charge >= 0.3 is 0 Å². The summed E-state index contributed by atoms with van der Waals surface area (Å²) >= 11 is 6.54. The van der Waals surface area contributed by atoms with E-state index >= 15 is 0 Å². The summed E-state index contributed by atoms with van der Waals surface area (Å²) in [5, 5.41) is 0.123. The zero-order valence-electron chi connectivity index (χ0n) is 10.5. The van der Waals surface area contributed by atoms with Crippen molar-refractivity contribution in [2.75, 3.05) is 7.11 Å². The molecule has 0 aromatic carbocycles. The van der Waals surface area contributed by atoms with Crippen LogP contribution < -0.4 is 0 Å². The Hall–Kier alpha value is -0.600. The third kappa shape index (κ3) is 2.80. The molecule has 1 fully saturated rings. The van der Waals surface area contributed by atoms with Crippen molar-refractivity contribution in [3.63, 3.8) is 0 Å². The number of halogens is 1. The lowest BCUT2D eigenvalue weighted by Crippen LogP contribution is -2.42. The standard InChI is InChI=1S/C14H20ClNO/c1-11(12-4-8-16-9-5-12)13(15)10-14(17-2)6-3-7-14/h4-5,8-9,11,13H,3,6-7,10H2,1-2H3. The van der Waals surface area contributed by atoms with Crippen LogP contribution >= 0.6 is 11.6 Å². The van der Waals surface area contributed by atoms with E-state index in [0.717, 1.165) is 19.3 Å². The molecule has 0 saturated heterocycles. The van der Waals surface area contributed by atoms with Gasteiger partial charge in [-0.1, -0.05) is 6.92 Å². The van der Waals surface area contributed by atoms with E-state index < -0.39 is 0 Å². The molecule has 94 valence electrons. The van der Waals surface area contributed by atoms with Gasteiger partial charge in [-0.3, -0.25) is 4.98 Å². The van der Waals surface area contributed by atoms with Gasteiger partial charge in [0.1, 0.15) is 0 Å². The fraction of sp³-hybridized carbons (Fsp3) is 0.643. The molecule has 2 atom stereocenters. The maximum absolute atomic E-state index is 6.54. The molecule has 0 spiro atoms. The monoisotopic (exact) mass is 253 g/mol. The summed E-state index contributed by atoms with van der Waals surface area (Å²) in [4.78, 5) is 4.04. The van der Waals surface area contributed by atoms with Gasteiger partial charge in [0.2, 0.25) is 0 Å². The van der Waals surface area contributed by atoms with Crippen LogP contribution in [0.5, 0.6) is 0 Å². The highest BCUT2D eigenvalue weighted by atomic mass is 35.5. The van der Waals surface area contributed by atoms with Crippen LogP contribution in [-0.4, -0.2) is 23.1 Å². The molecule has 1 aliphatic carbocycles. The van der Waals surface area contributed by atoms with Crippen LogP contribution in [0.4, 0.5) is 0 Å². The number of hydrogen-bond acceptors (Lipinski definition) is 2. The Balaban J connectivity index is 1.98. The predicted octanol–water partition coefficient (Wildman–Crippen LogP) is 3.75. The molecule has 3 heteroatoms. The third-order valence-electron chi connectivity index (χ3n) is 4.04. The summed E-state index contributed by atoms with van der Waals surface area (Å²) in [5.74, 6) is 0.340. The van der Waals surface area contributed by atoms with E-state index in [0.29, 0.717) is 5.92 Å². The Labute approximate surface area is 108 Å². The van der Waals surface area contributed by atoms with Crippen molar-refractivity contribution >= 4 is 11.6 Å². The molecule has 0 bridgehead atoms. The summed E-state index contributed by atoms with van der Waals surface area (Å²) in [6.07, 6.45) is 8.15. The normalized spacial score (nSPS) is 21.6. The average molecular weight is 254 g/mol. The summed E-state index contributed by atoms with van der Waals surface area (Å²) < 4.78 is 5.63. The van der Waals surface area contributed by atoms with Gasteiger partial charge in [-0.15, -0.1) is 11.6 Å². The lowest BCUT2D eigenvalue weighted by molar-refractivity contribution is -0.0786. The molecule has 1 saturated carbocycles. The third-order valence-corrected chi connectivity index (χ3v) is 4.57. The molecule has 1 aliphatic rings. The van der Waals surface area contributed by atoms with Gasteiger partial charge in [-0.25, -0.2) is 0 Å². The van der Waals surface area contributed by atoms with Crippen molar-refractivity contribution in [2.24, 2.45) is 0 Å². The van der Waals surface area contributed by atoms with Crippen molar-refractivity contribution in [1.82, 2.24) is 4.98 Å². The van der Waals surface area contributed by atoms with Crippen LogP contribution in [0.25, 0.3) is 0 Å². The first kappa shape index (κ1) is 12.8. The van der Waals surface area contributed by atoms with E-state index in [2.05, 4.69) is 11.9 Å². The van der Waals surface area contributed by atoms with Gasteiger partial charge < -0.3 is 4.74 Å². The quantitative estimate of drug-likeness (QED) is 0.746. The Morgan fingerprint density at radius 1 is 1.41 bits per heavy atom. The van der Waals surface area contributed by atoms with Gasteiger partial charge in [0.15, 0.2) is 0 Å². The maximum Gasteiger partial charge on any atom is 0.0693 e. The lowest BCUT2D eigenvalue weighted by Gasteiger charge is -2.42. The Morgan fingerprint density at radius 2 is 2.06 bits per heavy atom. The van der Waals surface area contributed by atoms with Crippen molar-refractivity contribution in [2.45, 2.75) is 49.5 Å². The van der Waals surface area contributed by atoms with Gasteiger partial charge in [0.25, 0.3) is 0 Å². The van der Waals surface area contributed by atoms with Gasteiger partial charge in [-0.05, 0) is 49.3 Å². The second kappa shape index (κ2) is 5.36. The second-order valence-electron chi connectivity index (χ2n) is 5.03. The number of rotatable bonds is 5. The van der Waals surface area contributed by atoms with Crippen LogP contribution in [0.2, 0.25) is 0 Å². The number of pyridine rings is 1. The Morgan fingerprint density at radius 3 is 2.53 bits per heavy atom. The summed E-state index contributed by atoms with van der Waals surface area (Å²) in [5.41, 5.74) is 1.30. The van der Waals surface area contributed by atoms with E-state index in [1.165, 1.54) is 12.0 Å². The van der Waals surface area contributed by atoms with Gasteiger partial charge in [-0.2, -0.15) is 0 Å². The number of hydrogen-bond donors (Lipinski definition) is 0. The molecule has 1 aromatic rings. The summed E-state index contributed by atoms with van der Waals surface area (Å²) in [6.45, 7) is 2.18. The van der Waals surface area contributed by atoms with Crippen LogP contribution in [-0.2, 0) is 4.74 Å². The molecule has 1 heterocycles. The minimum absolute atomic E-state index is 0.0493. The molecule has 2 rings (SSSR count). The van der Waals surface area contributed by atoms with Crippen LogP contribution in [0.1, 0.15) is 44.1 Å². The minimum Gasteiger partial charge on any atom is -0.378 e. The first-order valence-corrected chi connectivity index (χ1v) is 6.70. The van der Waals surface area contributed by atoms with Crippen LogP contribution in [0.15, 0.2) is 24.5 Å².